The summed E-state index contributed by atoms with van der Waals surface area (Å²) in [6, 6.07) is 0. The van der Waals surface area contributed by atoms with Crippen molar-refractivity contribution in [2.24, 2.45) is 0 Å². The summed E-state index contributed by atoms with van der Waals surface area (Å²) in [7, 11) is 7.81. The van der Waals surface area contributed by atoms with E-state index in [4.69, 9.17) is 18.9 Å². The van der Waals surface area contributed by atoms with Gasteiger partial charge in [0, 0.05) is 28.2 Å². The minimum atomic E-state index is -0.498. The van der Waals surface area contributed by atoms with Crippen LogP contribution >= 0.6 is 39.0 Å². The Morgan fingerprint density at radius 3 is 0.865 bits per heavy atom. The monoisotopic (exact) mass is 844 g/mol. The fraction of sp³-hybridized carbons (Fsp3) is 0.636. The zero-order chi connectivity index (χ0) is 28.7. The van der Waals surface area contributed by atoms with Gasteiger partial charge in [-0.05, 0) is 27.7 Å². The number of halogens is 2. The Morgan fingerprint density at radius 1 is 0.568 bits per heavy atom. The fourth-order valence-corrected chi connectivity index (χ4v) is 3.45. The number of hydrogen-bond donors (Lipinski definition) is 0. The van der Waals surface area contributed by atoms with Gasteiger partial charge in [-0.25, -0.2) is 19.2 Å². The number of nitrogens with zero attached hydrogens (tertiary/aromatic N) is 4. The van der Waals surface area contributed by atoms with Crippen molar-refractivity contribution in [3.63, 3.8) is 0 Å². The fourth-order valence-electron chi connectivity index (χ4n) is 3.45. The molecule has 0 aliphatic carbocycles. The van der Waals surface area contributed by atoms with Gasteiger partial charge in [0.15, 0.2) is 22.8 Å². The molecule has 0 aromatic heterocycles. The van der Waals surface area contributed by atoms with E-state index in [1.807, 2.05) is 0 Å². The van der Waals surface area contributed by atoms with E-state index < -0.39 is 23.9 Å². The van der Waals surface area contributed by atoms with E-state index in [9.17, 15) is 19.2 Å². The molecule has 0 spiro atoms. The molecule has 0 aromatic rings. The second-order valence-corrected chi connectivity index (χ2v) is 19.4. The first-order chi connectivity index (χ1) is 17.5. The molecule has 2 rings (SSSR count). The first-order valence-corrected chi connectivity index (χ1v) is 20.6. The van der Waals surface area contributed by atoms with Crippen LogP contribution in [-0.4, -0.2) is 111 Å². The number of carbonyl (C=O) groups excluding carboxylic acids is 4. The second-order valence-electron chi connectivity index (χ2n) is 7.40. The topological polar surface area (TPSA) is 118 Å². The number of hydrogen-bond acceptors (Lipinski definition) is 12. The zero-order valence-electron chi connectivity index (χ0n) is 22.4. The Kier molecular flexibility index (Phi) is 18.2. The van der Waals surface area contributed by atoms with Crippen molar-refractivity contribution in [1.29, 1.82) is 0 Å². The van der Waals surface area contributed by atoms with E-state index >= 15 is 0 Å². The molecule has 2 aliphatic rings. The second kappa shape index (κ2) is 18.9. The molecule has 216 valence electrons. The molecule has 0 aromatic carbocycles. The Balaban J connectivity index is 0.000000633. The Hall–Kier alpha value is -1.32. The number of carbonyl (C=O) groups is 4. The van der Waals surface area contributed by atoms with Gasteiger partial charge < -0.3 is 38.5 Å². The van der Waals surface area contributed by atoms with Gasteiger partial charge in [0.1, 0.15) is 0 Å². The molecule has 0 radical (unpaired) electrons. The van der Waals surface area contributed by atoms with Crippen molar-refractivity contribution in [3.8, 4) is 0 Å². The van der Waals surface area contributed by atoms with Crippen LogP contribution in [0.5, 0.6) is 0 Å². The van der Waals surface area contributed by atoms with E-state index in [0.29, 0.717) is 13.3 Å². The summed E-state index contributed by atoms with van der Waals surface area (Å²) >= 11 is 4.65. The van der Waals surface area contributed by atoms with Gasteiger partial charge in [-0.15, -0.1) is 0 Å². The van der Waals surface area contributed by atoms with Crippen LogP contribution in [0.4, 0.5) is 0 Å². The van der Waals surface area contributed by atoms with Crippen LogP contribution in [0.25, 0.3) is 0 Å². The van der Waals surface area contributed by atoms with E-state index in [1.54, 1.807) is 75.5 Å². The molecule has 2 heterocycles. The molecular weight excluding hydrogens is 808 g/mol. The third-order valence-electron chi connectivity index (χ3n) is 4.70. The van der Waals surface area contributed by atoms with Crippen LogP contribution in [0.3, 0.4) is 0 Å². The van der Waals surface area contributed by atoms with E-state index in [0.717, 1.165) is 10.8 Å². The van der Waals surface area contributed by atoms with Gasteiger partial charge >= 0.3 is 73.7 Å². The van der Waals surface area contributed by atoms with Crippen LogP contribution in [-0.2, 0) is 48.9 Å². The van der Waals surface area contributed by atoms with Crippen LogP contribution in [0.2, 0.25) is 0 Å². The SMILES string of the molecule is CCOC(=O)C1=C(C(=O)OCC)N(C)CN1C.CCOC(=O)C1=C(C(=O)OCC)N(C)CN1C.[I][Pd][I]. The summed E-state index contributed by atoms with van der Waals surface area (Å²) in [4.78, 5) is 53.7. The summed E-state index contributed by atoms with van der Waals surface area (Å²) in [5, 5.41) is 0. The van der Waals surface area contributed by atoms with Crippen LogP contribution in [0.15, 0.2) is 22.8 Å². The molecule has 12 nitrogen and oxygen atoms in total. The summed E-state index contributed by atoms with van der Waals surface area (Å²) in [5.74, 6) is -1.99. The molecule has 0 unspecified atom stereocenters. The third kappa shape index (κ3) is 10.8. The van der Waals surface area contributed by atoms with Gasteiger partial charge in [-0.1, -0.05) is 0 Å². The van der Waals surface area contributed by atoms with Crippen molar-refractivity contribution in [1.82, 2.24) is 19.6 Å². The summed E-state index contributed by atoms with van der Waals surface area (Å²) in [6.45, 7) is 8.91. The van der Waals surface area contributed by atoms with Crippen molar-refractivity contribution in [3.05, 3.63) is 22.8 Å². The third-order valence-corrected chi connectivity index (χ3v) is 4.70. The first kappa shape index (κ1) is 35.7. The molecule has 37 heavy (non-hydrogen) atoms. The Labute approximate surface area is 248 Å². The van der Waals surface area contributed by atoms with Crippen LogP contribution in [0, 0.1) is 0 Å². The number of ether oxygens (including phenoxy) is 4. The summed E-state index contributed by atoms with van der Waals surface area (Å²) < 4.78 is 19.7. The maximum absolute atomic E-state index is 11.8. The van der Waals surface area contributed by atoms with Gasteiger partial charge in [-0.3, -0.25) is 0 Å². The average Bonchev–Trinajstić information content (AvgIpc) is 3.29. The summed E-state index contributed by atoms with van der Waals surface area (Å²) in [6.07, 6.45) is 0. The standard InChI is InChI=1S/2C11H18N2O4.2HI.Pd/c2*1-5-16-10(14)8-9(11(15)17-6-2)13(4)7-12(8)3;;;/h2*5-7H2,1-4H3;2*1H;/q;;;;+2/p-2. The summed E-state index contributed by atoms with van der Waals surface area (Å²) in [5.41, 5.74) is 1.03. The van der Waals surface area contributed by atoms with E-state index in [-0.39, 0.29) is 49.2 Å². The van der Waals surface area contributed by atoms with Crippen molar-refractivity contribution in [2.75, 3.05) is 68.0 Å². The Bertz CT molecular complexity index is 740. The van der Waals surface area contributed by atoms with Gasteiger partial charge in [-0.2, -0.15) is 0 Å². The number of esters is 4. The molecule has 2 aliphatic heterocycles. The van der Waals surface area contributed by atoms with Crippen LogP contribution in [0.1, 0.15) is 27.7 Å². The molecular formula is C22H36I2N4O8Pd. The first-order valence-electron chi connectivity index (χ1n) is 11.3. The predicted octanol–water partition coefficient (Wildman–Crippen LogP) is 2.09. The maximum atomic E-state index is 11.8. The van der Waals surface area contributed by atoms with E-state index in [2.05, 4.69) is 39.0 Å². The van der Waals surface area contributed by atoms with Crippen molar-refractivity contribution >= 4 is 62.9 Å². The molecule has 15 heteroatoms. The molecule has 0 bridgehead atoms. The number of rotatable bonds is 8. The normalized spacial score (nSPS) is 14.6. The van der Waals surface area contributed by atoms with Crippen molar-refractivity contribution in [2.45, 2.75) is 27.7 Å². The minimum absolute atomic E-state index is 0.257. The molecule has 0 N–H and O–H groups in total. The van der Waals surface area contributed by atoms with Gasteiger partial charge in [0.25, 0.3) is 0 Å². The average molecular weight is 845 g/mol. The molecule has 0 atom stereocenters. The molecule has 0 amide bonds. The zero-order valence-corrected chi connectivity index (χ0v) is 28.2. The molecule has 0 fully saturated rings. The van der Waals surface area contributed by atoms with Crippen LogP contribution < -0.4 is 0 Å². The molecule has 0 saturated carbocycles. The van der Waals surface area contributed by atoms with Gasteiger partial charge in [0.2, 0.25) is 0 Å². The number of likely N-dealkylation sites (N-methyl/N-ethyl adjacent to an activating group) is 4. The van der Waals surface area contributed by atoms with Gasteiger partial charge in [0.05, 0.1) is 39.8 Å². The predicted molar refractivity (Wildman–Crippen MR) is 149 cm³/mol. The quantitative estimate of drug-likeness (QED) is 0.154. The molecule has 0 saturated heterocycles. The van der Waals surface area contributed by atoms with E-state index in [1.165, 1.54) is 0 Å². The van der Waals surface area contributed by atoms with Crippen molar-refractivity contribution < 1.29 is 48.9 Å². The Morgan fingerprint density at radius 2 is 0.730 bits per heavy atom.